The van der Waals surface area contributed by atoms with Crippen molar-refractivity contribution in [2.45, 2.75) is 26.4 Å². The van der Waals surface area contributed by atoms with Crippen LogP contribution in [0.5, 0.6) is 11.5 Å². The van der Waals surface area contributed by atoms with Crippen LogP contribution in [0.15, 0.2) is 71.8 Å². The minimum atomic E-state index is -0.664. The van der Waals surface area contributed by atoms with Crippen LogP contribution < -0.4 is 14.9 Å². The van der Waals surface area contributed by atoms with Crippen LogP contribution in [0, 0.1) is 0 Å². The topological polar surface area (TPSA) is 59.9 Å². The maximum Gasteiger partial charge on any atom is 0.280 e. The molecule has 0 aromatic heterocycles. The number of hydrogen-bond donors (Lipinski definition) is 1. The molecule has 3 aromatic carbocycles. The van der Waals surface area contributed by atoms with Gasteiger partial charge in [0.05, 0.1) is 12.8 Å². The van der Waals surface area contributed by atoms with Crippen LogP contribution in [0.25, 0.3) is 10.8 Å². The second-order valence-corrected chi connectivity index (χ2v) is 6.42. The van der Waals surface area contributed by atoms with Crippen LogP contribution in [-0.2, 0) is 4.79 Å². The van der Waals surface area contributed by atoms with Crippen molar-refractivity contribution >= 4 is 22.9 Å². The van der Waals surface area contributed by atoms with Crippen molar-refractivity contribution in [3.8, 4) is 11.5 Å². The lowest BCUT2D eigenvalue weighted by Gasteiger charge is -2.13. The lowest BCUT2D eigenvalue weighted by Crippen LogP contribution is -2.33. The standard InChI is InChI=1S/C23H24N2O3/c1-3-14-27-21-11-8-18(9-12-21)16-24-25-23(26)17(2)28-22-13-10-19-6-4-5-7-20(19)15-22/h4-13,15-17H,3,14H2,1-2H3,(H,25,26). The van der Waals surface area contributed by atoms with E-state index in [1.54, 1.807) is 13.1 Å². The zero-order valence-corrected chi connectivity index (χ0v) is 16.1. The van der Waals surface area contributed by atoms with Gasteiger partial charge in [0.15, 0.2) is 6.10 Å². The van der Waals surface area contributed by atoms with E-state index in [2.05, 4.69) is 17.5 Å². The molecule has 0 bridgehead atoms. The van der Waals surface area contributed by atoms with Crippen molar-refractivity contribution < 1.29 is 14.3 Å². The number of hydrazone groups is 1. The number of nitrogens with zero attached hydrogens (tertiary/aromatic N) is 1. The summed E-state index contributed by atoms with van der Waals surface area (Å²) in [4.78, 5) is 12.2. The van der Waals surface area contributed by atoms with E-state index >= 15 is 0 Å². The molecule has 0 heterocycles. The van der Waals surface area contributed by atoms with E-state index in [0.717, 1.165) is 28.5 Å². The molecule has 0 saturated heterocycles. The SMILES string of the molecule is CCCOc1ccc(C=NNC(=O)C(C)Oc2ccc3ccccc3c2)cc1. The molecule has 0 aliphatic rings. The summed E-state index contributed by atoms with van der Waals surface area (Å²) in [6.45, 7) is 4.45. The second kappa shape index (κ2) is 9.55. The molecular weight excluding hydrogens is 352 g/mol. The molecule has 0 aliphatic carbocycles. The lowest BCUT2D eigenvalue weighted by molar-refractivity contribution is -0.127. The molecule has 0 fully saturated rings. The van der Waals surface area contributed by atoms with Crippen molar-refractivity contribution in [1.82, 2.24) is 5.43 Å². The maximum atomic E-state index is 12.2. The predicted octanol–water partition coefficient (Wildman–Crippen LogP) is 4.55. The summed E-state index contributed by atoms with van der Waals surface area (Å²) in [5, 5.41) is 6.19. The fourth-order valence-electron chi connectivity index (χ4n) is 2.63. The summed E-state index contributed by atoms with van der Waals surface area (Å²) >= 11 is 0. The molecule has 0 aliphatic heterocycles. The first-order chi connectivity index (χ1) is 13.7. The molecule has 1 unspecified atom stereocenters. The van der Waals surface area contributed by atoms with Gasteiger partial charge in [-0.2, -0.15) is 5.10 Å². The van der Waals surface area contributed by atoms with Crippen molar-refractivity contribution in [1.29, 1.82) is 0 Å². The fraction of sp³-hybridized carbons (Fsp3) is 0.217. The first kappa shape index (κ1) is 19.4. The van der Waals surface area contributed by atoms with E-state index < -0.39 is 6.10 Å². The third-order valence-electron chi connectivity index (χ3n) is 4.14. The van der Waals surface area contributed by atoms with Crippen LogP contribution in [-0.4, -0.2) is 24.8 Å². The van der Waals surface area contributed by atoms with Gasteiger partial charge in [-0.05, 0) is 66.1 Å². The first-order valence-corrected chi connectivity index (χ1v) is 9.37. The molecule has 0 radical (unpaired) electrons. The van der Waals surface area contributed by atoms with Gasteiger partial charge in [0.2, 0.25) is 0 Å². The van der Waals surface area contributed by atoms with Gasteiger partial charge in [-0.1, -0.05) is 37.3 Å². The number of amides is 1. The van der Waals surface area contributed by atoms with Gasteiger partial charge >= 0.3 is 0 Å². The van der Waals surface area contributed by atoms with Gasteiger partial charge in [-0.15, -0.1) is 0 Å². The van der Waals surface area contributed by atoms with E-state index in [0.29, 0.717) is 12.4 Å². The molecule has 1 amide bonds. The Morgan fingerprint density at radius 3 is 2.50 bits per heavy atom. The number of fused-ring (bicyclic) bond motifs is 1. The number of ether oxygens (including phenoxy) is 2. The summed E-state index contributed by atoms with van der Waals surface area (Å²) in [7, 11) is 0. The largest absolute Gasteiger partial charge is 0.494 e. The molecule has 144 valence electrons. The average Bonchev–Trinajstić information content (AvgIpc) is 2.73. The monoisotopic (exact) mass is 376 g/mol. The summed E-state index contributed by atoms with van der Waals surface area (Å²) < 4.78 is 11.3. The molecule has 3 rings (SSSR count). The van der Waals surface area contributed by atoms with E-state index in [9.17, 15) is 4.79 Å². The molecule has 28 heavy (non-hydrogen) atoms. The highest BCUT2D eigenvalue weighted by Crippen LogP contribution is 2.21. The van der Waals surface area contributed by atoms with Crippen LogP contribution in [0.3, 0.4) is 0 Å². The summed E-state index contributed by atoms with van der Waals surface area (Å²) in [5.74, 6) is 1.15. The van der Waals surface area contributed by atoms with Gasteiger partial charge in [0.1, 0.15) is 11.5 Å². The van der Waals surface area contributed by atoms with Crippen molar-refractivity contribution in [3.63, 3.8) is 0 Å². The van der Waals surface area contributed by atoms with Crippen LogP contribution in [0.2, 0.25) is 0 Å². The normalized spacial score (nSPS) is 12.1. The number of rotatable bonds is 8. The lowest BCUT2D eigenvalue weighted by atomic mass is 10.1. The number of carbonyl (C=O) groups is 1. The molecule has 3 aromatic rings. The quantitative estimate of drug-likeness (QED) is 0.464. The predicted molar refractivity (Wildman–Crippen MR) is 112 cm³/mol. The van der Waals surface area contributed by atoms with Crippen LogP contribution in [0.4, 0.5) is 0 Å². The number of nitrogens with one attached hydrogen (secondary N) is 1. The average molecular weight is 376 g/mol. The van der Waals surface area contributed by atoms with Gasteiger partial charge < -0.3 is 9.47 Å². The molecule has 1 atom stereocenters. The molecule has 1 N–H and O–H groups in total. The summed E-state index contributed by atoms with van der Waals surface area (Å²) in [6, 6.07) is 21.3. The highest BCUT2D eigenvalue weighted by atomic mass is 16.5. The molecule has 5 heteroatoms. The number of carbonyl (C=O) groups excluding carboxylic acids is 1. The Bertz CT molecular complexity index is 951. The third-order valence-corrected chi connectivity index (χ3v) is 4.14. The molecule has 0 spiro atoms. The van der Waals surface area contributed by atoms with Gasteiger partial charge in [-0.25, -0.2) is 5.43 Å². The van der Waals surface area contributed by atoms with Crippen LogP contribution >= 0.6 is 0 Å². The second-order valence-electron chi connectivity index (χ2n) is 6.42. The number of hydrogen-bond acceptors (Lipinski definition) is 4. The molecule has 5 nitrogen and oxygen atoms in total. The van der Waals surface area contributed by atoms with E-state index in [1.165, 1.54) is 0 Å². The first-order valence-electron chi connectivity index (χ1n) is 9.37. The van der Waals surface area contributed by atoms with Crippen molar-refractivity contribution in [3.05, 3.63) is 72.3 Å². The Labute approximate surface area is 165 Å². The zero-order valence-electron chi connectivity index (χ0n) is 16.1. The third kappa shape index (κ3) is 5.33. The molecule has 0 saturated carbocycles. The highest BCUT2D eigenvalue weighted by Gasteiger charge is 2.14. The summed E-state index contributed by atoms with van der Waals surface area (Å²) in [6.07, 6.45) is 1.89. The molecular formula is C23H24N2O3. The zero-order chi connectivity index (χ0) is 19.8. The highest BCUT2D eigenvalue weighted by molar-refractivity contribution is 5.85. The number of benzene rings is 3. The van der Waals surface area contributed by atoms with Crippen LogP contribution in [0.1, 0.15) is 25.8 Å². The van der Waals surface area contributed by atoms with E-state index in [-0.39, 0.29) is 5.91 Å². The van der Waals surface area contributed by atoms with E-state index in [4.69, 9.17) is 9.47 Å². The maximum absolute atomic E-state index is 12.2. The smallest absolute Gasteiger partial charge is 0.280 e. The Hall–Kier alpha value is -3.34. The van der Waals surface area contributed by atoms with E-state index in [1.807, 2.05) is 66.7 Å². The Morgan fingerprint density at radius 2 is 1.75 bits per heavy atom. The van der Waals surface area contributed by atoms with Crippen molar-refractivity contribution in [2.75, 3.05) is 6.61 Å². The minimum Gasteiger partial charge on any atom is -0.494 e. The van der Waals surface area contributed by atoms with Gasteiger partial charge in [-0.3, -0.25) is 4.79 Å². The Morgan fingerprint density at radius 1 is 1.04 bits per heavy atom. The Kier molecular flexibility index (Phi) is 6.63. The summed E-state index contributed by atoms with van der Waals surface area (Å²) in [5.41, 5.74) is 3.38. The van der Waals surface area contributed by atoms with Crippen molar-refractivity contribution in [2.24, 2.45) is 5.10 Å². The Balaban J connectivity index is 1.52. The fourth-order valence-corrected chi connectivity index (χ4v) is 2.63. The van der Waals surface area contributed by atoms with Gasteiger partial charge in [0.25, 0.3) is 5.91 Å². The minimum absolute atomic E-state index is 0.313. The van der Waals surface area contributed by atoms with Gasteiger partial charge in [0, 0.05) is 0 Å².